The lowest BCUT2D eigenvalue weighted by Crippen LogP contribution is -2.29. The van der Waals surface area contributed by atoms with Gasteiger partial charge in [0.2, 0.25) is 0 Å². The lowest BCUT2D eigenvalue weighted by Gasteiger charge is -2.31. The van der Waals surface area contributed by atoms with Crippen LogP contribution in [0.1, 0.15) is 0 Å². The van der Waals surface area contributed by atoms with E-state index in [0.29, 0.717) is 10.5 Å². The maximum absolute atomic E-state index is 9.56. The molecule has 0 heterocycles. The van der Waals surface area contributed by atoms with Gasteiger partial charge in [-0.1, -0.05) is 84.4 Å². The van der Waals surface area contributed by atoms with Gasteiger partial charge in [0.25, 0.3) is 0 Å². The monoisotopic (exact) mass is 490 g/mol. The molecule has 0 aliphatic heterocycles. The van der Waals surface area contributed by atoms with Gasteiger partial charge in [-0.25, -0.2) is 0 Å². The van der Waals surface area contributed by atoms with E-state index in [4.69, 9.17) is 11.6 Å². The summed E-state index contributed by atoms with van der Waals surface area (Å²) >= 11 is 7.22. The van der Waals surface area contributed by atoms with E-state index in [1.165, 1.54) is 0 Å². The van der Waals surface area contributed by atoms with Crippen LogP contribution in [0.5, 0.6) is 0 Å². The van der Waals surface area contributed by atoms with E-state index in [2.05, 4.69) is 34.1 Å². The molecule has 0 aromatic heterocycles. The Hall–Kier alpha value is -4.03. The second-order valence-electron chi connectivity index (χ2n) is 8.25. The second-order valence-corrected chi connectivity index (χ2v) is 8.63. The highest BCUT2D eigenvalue weighted by Gasteiger charge is 2.22. The van der Waals surface area contributed by atoms with E-state index in [-0.39, 0.29) is 0 Å². The zero-order chi connectivity index (χ0) is 24.9. The predicted octanol–water partition coefficient (Wildman–Crippen LogP) is 6.96. The smallest absolute Gasteiger partial charge is 0.423 e. The number of halogens is 1. The van der Waals surface area contributed by atoms with Crippen molar-refractivity contribution >= 4 is 58.3 Å². The van der Waals surface area contributed by atoms with Crippen molar-refractivity contribution in [3.8, 4) is 0 Å². The molecule has 0 fully saturated rings. The molecule has 4 nitrogen and oxygen atoms in total. The Kier molecular flexibility index (Phi) is 7.05. The van der Waals surface area contributed by atoms with Gasteiger partial charge in [-0.15, -0.1) is 0 Å². The van der Waals surface area contributed by atoms with Crippen molar-refractivity contribution in [2.45, 2.75) is 0 Å². The van der Waals surface area contributed by atoms with E-state index in [1.807, 2.05) is 97.1 Å². The zero-order valence-corrected chi connectivity index (χ0v) is 20.2. The molecule has 0 aliphatic rings. The van der Waals surface area contributed by atoms with Gasteiger partial charge in [-0.2, -0.15) is 0 Å². The van der Waals surface area contributed by atoms with Gasteiger partial charge >= 0.3 is 7.12 Å². The predicted molar refractivity (Wildman–Crippen MR) is 151 cm³/mol. The van der Waals surface area contributed by atoms with Crippen molar-refractivity contribution in [3.63, 3.8) is 0 Å². The number of benzene rings is 5. The third kappa shape index (κ3) is 4.86. The third-order valence-corrected chi connectivity index (χ3v) is 6.32. The Bertz CT molecular complexity index is 1380. The summed E-state index contributed by atoms with van der Waals surface area (Å²) in [6.07, 6.45) is 0. The summed E-state index contributed by atoms with van der Waals surface area (Å²) in [4.78, 5) is 4.20. The molecule has 0 spiro atoms. The van der Waals surface area contributed by atoms with Gasteiger partial charge in [0.15, 0.2) is 0 Å². The van der Waals surface area contributed by atoms with Crippen LogP contribution >= 0.6 is 11.6 Å². The van der Waals surface area contributed by atoms with Gasteiger partial charge in [0.1, 0.15) is 0 Å². The fourth-order valence-corrected chi connectivity index (χ4v) is 4.53. The van der Waals surface area contributed by atoms with Crippen molar-refractivity contribution < 1.29 is 10.0 Å². The Labute approximate surface area is 216 Å². The molecule has 6 heteroatoms. The lowest BCUT2D eigenvalue weighted by atomic mass is 9.80. The van der Waals surface area contributed by atoms with Crippen LogP contribution in [0.3, 0.4) is 0 Å². The quantitative estimate of drug-likeness (QED) is 0.242. The summed E-state index contributed by atoms with van der Waals surface area (Å²) < 4.78 is 0. The van der Waals surface area contributed by atoms with Crippen LogP contribution in [0.2, 0.25) is 5.02 Å². The highest BCUT2D eigenvalue weighted by Crippen LogP contribution is 2.46. The summed E-state index contributed by atoms with van der Waals surface area (Å²) in [5.74, 6) is 0. The fraction of sp³-hybridized carbons (Fsp3) is 0. The van der Waals surface area contributed by atoms with Crippen molar-refractivity contribution in [1.29, 1.82) is 0 Å². The van der Waals surface area contributed by atoms with E-state index in [9.17, 15) is 10.0 Å². The number of rotatable bonds is 7. The summed E-state index contributed by atoms with van der Waals surface area (Å²) in [5, 5.41) is 19.7. The number of para-hydroxylation sites is 3. The number of hydrogen-bond acceptors (Lipinski definition) is 4. The van der Waals surface area contributed by atoms with Crippen molar-refractivity contribution in [3.05, 3.63) is 138 Å². The second kappa shape index (κ2) is 10.7. The summed E-state index contributed by atoms with van der Waals surface area (Å²) in [6, 6.07) is 43.4. The fourth-order valence-electron chi connectivity index (χ4n) is 4.23. The summed E-state index contributed by atoms with van der Waals surface area (Å²) in [6.45, 7) is 0. The SMILES string of the molecule is OB(O)c1ccc(N(c2ccccc2)c2cccc(N(c3ccccc3)c3ccccc3)c2Cl)cc1. The van der Waals surface area contributed by atoms with Crippen LogP contribution in [-0.2, 0) is 0 Å². The molecular formula is C30H24BClN2O2. The first-order chi connectivity index (χ1) is 17.6. The summed E-state index contributed by atoms with van der Waals surface area (Å²) in [5.41, 5.74) is 5.83. The van der Waals surface area contributed by atoms with Gasteiger partial charge in [0.05, 0.1) is 16.4 Å². The first-order valence-electron chi connectivity index (χ1n) is 11.6. The van der Waals surface area contributed by atoms with Crippen molar-refractivity contribution in [1.82, 2.24) is 0 Å². The Morgan fingerprint density at radius 2 is 0.806 bits per heavy atom. The average molecular weight is 491 g/mol. The van der Waals surface area contributed by atoms with Gasteiger partial charge in [-0.05, 0) is 66.1 Å². The number of nitrogens with zero attached hydrogens (tertiary/aromatic N) is 2. The maximum atomic E-state index is 9.56. The standard InChI is InChI=1S/C30H24BClN2O2/c32-30-28(33(24-11-4-1-5-12-24)25-13-6-2-7-14-25)17-10-18-29(30)34(26-15-8-3-9-16-26)27-21-19-23(20-22-27)31(35)36/h1-22,35-36H. The van der Waals surface area contributed by atoms with Gasteiger partial charge < -0.3 is 19.8 Å². The van der Waals surface area contributed by atoms with Crippen LogP contribution < -0.4 is 15.3 Å². The maximum Gasteiger partial charge on any atom is 0.488 e. The molecule has 0 amide bonds. The van der Waals surface area contributed by atoms with Crippen LogP contribution in [0.25, 0.3) is 0 Å². The van der Waals surface area contributed by atoms with Crippen LogP contribution in [-0.4, -0.2) is 17.2 Å². The molecule has 0 aliphatic carbocycles. The first kappa shape index (κ1) is 23.7. The Balaban J connectivity index is 1.68. The molecule has 0 saturated heterocycles. The Morgan fingerprint density at radius 1 is 0.444 bits per heavy atom. The van der Waals surface area contributed by atoms with E-state index in [0.717, 1.165) is 34.1 Å². The molecular weight excluding hydrogens is 467 g/mol. The minimum Gasteiger partial charge on any atom is -0.423 e. The highest BCUT2D eigenvalue weighted by atomic mass is 35.5. The van der Waals surface area contributed by atoms with Crippen LogP contribution in [0.15, 0.2) is 133 Å². The molecule has 0 saturated carbocycles. The zero-order valence-electron chi connectivity index (χ0n) is 19.4. The van der Waals surface area contributed by atoms with Crippen molar-refractivity contribution in [2.75, 3.05) is 9.80 Å². The number of anilines is 6. The largest absolute Gasteiger partial charge is 0.488 e. The minimum atomic E-state index is -1.53. The van der Waals surface area contributed by atoms with Crippen LogP contribution in [0, 0.1) is 0 Å². The Morgan fingerprint density at radius 3 is 1.17 bits per heavy atom. The molecule has 5 aromatic carbocycles. The highest BCUT2D eigenvalue weighted by molar-refractivity contribution is 6.58. The molecule has 36 heavy (non-hydrogen) atoms. The minimum absolute atomic E-state index is 0.422. The topological polar surface area (TPSA) is 46.9 Å². The molecule has 5 rings (SSSR count). The van der Waals surface area contributed by atoms with E-state index < -0.39 is 7.12 Å². The average Bonchev–Trinajstić information content (AvgIpc) is 2.93. The number of hydrogen-bond donors (Lipinski definition) is 2. The normalized spacial score (nSPS) is 10.6. The van der Waals surface area contributed by atoms with Crippen LogP contribution in [0.4, 0.5) is 34.1 Å². The van der Waals surface area contributed by atoms with E-state index in [1.54, 1.807) is 12.1 Å². The molecule has 5 aromatic rings. The lowest BCUT2D eigenvalue weighted by molar-refractivity contribution is 0.426. The first-order valence-corrected chi connectivity index (χ1v) is 12.0. The van der Waals surface area contributed by atoms with E-state index >= 15 is 0 Å². The molecule has 2 N–H and O–H groups in total. The molecule has 0 bridgehead atoms. The molecule has 0 unspecified atom stereocenters. The third-order valence-electron chi connectivity index (χ3n) is 5.93. The van der Waals surface area contributed by atoms with Gasteiger partial charge in [-0.3, -0.25) is 0 Å². The van der Waals surface area contributed by atoms with Crippen molar-refractivity contribution in [2.24, 2.45) is 0 Å². The van der Waals surface area contributed by atoms with Gasteiger partial charge in [0, 0.05) is 22.7 Å². The summed E-state index contributed by atoms with van der Waals surface area (Å²) in [7, 11) is -1.53. The molecule has 176 valence electrons. The molecule has 0 radical (unpaired) electrons. The molecule has 0 atom stereocenters.